The first-order chi connectivity index (χ1) is 10.5. The molecular weight excluding hydrogens is 288 g/mol. The number of phenolic OH excluding ortho intramolecular Hbond substituents is 1. The largest absolute Gasteiger partial charge is 0.508 e. The Morgan fingerprint density at radius 3 is 2.91 bits per heavy atom. The highest BCUT2D eigenvalue weighted by molar-refractivity contribution is 5.86. The summed E-state index contributed by atoms with van der Waals surface area (Å²) in [5.74, 6) is -1.09. The number of aromatic nitrogens is 1. The van der Waals surface area contributed by atoms with E-state index in [0.717, 1.165) is 5.52 Å². The van der Waals surface area contributed by atoms with Crippen LogP contribution >= 0.6 is 0 Å². The highest BCUT2D eigenvalue weighted by atomic mass is 16.5. The number of carbonyl (C=O) groups excluding carboxylic acids is 1. The molecule has 0 unspecified atom stereocenters. The van der Waals surface area contributed by atoms with Crippen LogP contribution in [0.15, 0.2) is 37.1 Å². The van der Waals surface area contributed by atoms with Crippen molar-refractivity contribution < 1.29 is 24.5 Å². The number of carbonyl (C=O) groups is 2. The fourth-order valence-corrected chi connectivity index (χ4v) is 2.07. The smallest absolute Gasteiger partial charge is 0.408 e. The van der Waals surface area contributed by atoms with Crippen molar-refractivity contribution in [3.8, 4) is 5.75 Å². The van der Waals surface area contributed by atoms with Gasteiger partial charge < -0.3 is 25.3 Å². The van der Waals surface area contributed by atoms with Gasteiger partial charge in [0, 0.05) is 23.5 Å². The van der Waals surface area contributed by atoms with E-state index < -0.39 is 18.1 Å². The first-order valence-corrected chi connectivity index (χ1v) is 6.57. The van der Waals surface area contributed by atoms with Crippen LogP contribution < -0.4 is 5.32 Å². The average molecular weight is 304 g/mol. The number of fused-ring (bicyclic) bond motifs is 1. The third-order valence-electron chi connectivity index (χ3n) is 3.10. The minimum atomic E-state index is -1.18. The molecule has 0 radical (unpaired) electrons. The second-order valence-corrected chi connectivity index (χ2v) is 4.67. The molecule has 0 saturated heterocycles. The van der Waals surface area contributed by atoms with Gasteiger partial charge in [0.15, 0.2) is 0 Å². The molecule has 2 aromatic rings. The van der Waals surface area contributed by atoms with Crippen LogP contribution in [0, 0.1) is 0 Å². The van der Waals surface area contributed by atoms with Gasteiger partial charge in [-0.2, -0.15) is 0 Å². The standard InChI is InChI=1S/C15H16N2O5/c1-2-5-22-15(21)17-13(14(19)20)6-9-8-16-12-4-3-10(18)7-11(9)12/h2-4,7-8,13,16,18H,1,5-6H2,(H,17,21)(H,19,20)/t13-/m0/s1. The normalized spacial score (nSPS) is 11.8. The Kier molecular flexibility index (Phi) is 4.67. The van der Waals surface area contributed by atoms with E-state index in [9.17, 15) is 19.8 Å². The van der Waals surface area contributed by atoms with Crippen molar-refractivity contribution in [1.29, 1.82) is 0 Å². The molecule has 7 heteroatoms. The van der Waals surface area contributed by atoms with Crippen molar-refractivity contribution in [3.63, 3.8) is 0 Å². The third-order valence-corrected chi connectivity index (χ3v) is 3.10. The molecule has 7 nitrogen and oxygen atoms in total. The maximum atomic E-state index is 11.5. The molecule has 1 amide bonds. The zero-order valence-electron chi connectivity index (χ0n) is 11.7. The van der Waals surface area contributed by atoms with Crippen LogP contribution in [0.5, 0.6) is 5.75 Å². The van der Waals surface area contributed by atoms with Gasteiger partial charge >= 0.3 is 12.1 Å². The summed E-state index contributed by atoms with van der Waals surface area (Å²) in [6, 6.07) is 3.62. The SMILES string of the molecule is C=CCOC(=O)N[C@@H](Cc1c[nH]c2ccc(O)cc12)C(=O)O. The Morgan fingerprint density at radius 2 is 2.23 bits per heavy atom. The van der Waals surface area contributed by atoms with Crippen molar-refractivity contribution in [2.75, 3.05) is 6.61 Å². The molecule has 1 heterocycles. The predicted octanol–water partition coefficient (Wildman–Crippen LogP) is 1.78. The summed E-state index contributed by atoms with van der Waals surface area (Å²) in [4.78, 5) is 25.7. The lowest BCUT2D eigenvalue weighted by atomic mass is 10.0. The summed E-state index contributed by atoms with van der Waals surface area (Å²) < 4.78 is 4.72. The molecule has 0 aliphatic heterocycles. The van der Waals surface area contributed by atoms with Crippen LogP contribution in [0.2, 0.25) is 0 Å². The monoisotopic (exact) mass is 304 g/mol. The second kappa shape index (κ2) is 6.66. The first-order valence-electron chi connectivity index (χ1n) is 6.57. The summed E-state index contributed by atoms with van der Waals surface area (Å²) in [5.41, 5.74) is 1.44. The summed E-state index contributed by atoms with van der Waals surface area (Å²) in [6.45, 7) is 3.40. The Hall–Kier alpha value is -2.96. The van der Waals surface area contributed by atoms with E-state index in [0.29, 0.717) is 10.9 Å². The van der Waals surface area contributed by atoms with Crippen LogP contribution in [-0.4, -0.2) is 39.9 Å². The van der Waals surface area contributed by atoms with Gasteiger partial charge in [0.1, 0.15) is 18.4 Å². The number of amides is 1. The Bertz CT molecular complexity index is 707. The number of benzene rings is 1. The molecule has 0 aliphatic rings. The van der Waals surface area contributed by atoms with Crippen LogP contribution in [-0.2, 0) is 16.0 Å². The minimum absolute atomic E-state index is 0.000863. The maximum absolute atomic E-state index is 11.5. The summed E-state index contributed by atoms with van der Waals surface area (Å²) in [7, 11) is 0. The van der Waals surface area contributed by atoms with Gasteiger partial charge in [0.05, 0.1) is 0 Å². The van der Waals surface area contributed by atoms with E-state index in [1.807, 2.05) is 0 Å². The quantitative estimate of drug-likeness (QED) is 0.608. The number of aromatic amines is 1. The number of nitrogens with one attached hydrogen (secondary N) is 2. The summed E-state index contributed by atoms with van der Waals surface area (Å²) in [6.07, 6.45) is 2.27. The van der Waals surface area contributed by atoms with Crippen LogP contribution in [0.25, 0.3) is 10.9 Å². The average Bonchev–Trinajstić information content (AvgIpc) is 2.86. The van der Waals surface area contributed by atoms with Crippen LogP contribution in [0.1, 0.15) is 5.56 Å². The van der Waals surface area contributed by atoms with E-state index in [1.54, 1.807) is 12.3 Å². The van der Waals surface area contributed by atoms with Crippen molar-refractivity contribution in [3.05, 3.63) is 42.6 Å². The van der Waals surface area contributed by atoms with E-state index in [-0.39, 0.29) is 18.8 Å². The topological polar surface area (TPSA) is 112 Å². The molecule has 0 fully saturated rings. The molecule has 0 spiro atoms. The third kappa shape index (κ3) is 3.57. The molecule has 2 rings (SSSR count). The number of aromatic hydroxyl groups is 1. The van der Waals surface area contributed by atoms with Gasteiger partial charge in [0.2, 0.25) is 0 Å². The molecule has 22 heavy (non-hydrogen) atoms. The molecule has 1 aromatic heterocycles. The van der Waals surface area contributed by atoms with Gasteiger partial charge in [-0.3, -0.25) is 0 Å². The number of phenols is 1. The van der Waals surface area contributed by atoms with Crippen LogP contribution in [0.3, 0.4) is 0 Å². The molecule has 1 atom stereocenters. The van der Waals surface area contributed by atoms with Gasteiger partial charge in [-0.1, -0.05) is 12.7 Å². The fourth-order valence-electron chi connectivity index (χ4n) is 2.07. The van der Waals surface area contributed by atoms with Crippen molar-refractivity contribution in [2.45, 2.75) is 12.5 Å². The number of aliphatic carboxylic acids is 1. The van der Waals surface area contributed by atoms with Gasteiger partial charge in [-0.05, 0) is 23.8 Å². The number of ether oxygens (including phenoxy) is 1. The molecule has 4 N–H and O–H groups in total. The number of hydrogen-bond acceptors (Lipinski definition) is 4. The maximum Gasteiger partial charge on any atom is 0.408 e. The number of alkyl carbamates (subject to hydrolysis) is 1. The molecule has 0 bridgehead atoms. The van der Waals surface area contributed by atoms with Gasteiger partial charge in [-0.15, -0.1) is 0 Å². The zero-order chi connectivity index (χ0) is 16.1. The number of carboxylic acid groups (broad SMARTS) is 1. The number of H-pyrrole nitrogens is 1. The number of hydrogen-bond donors (Lipinski definition) is 4. The van der Waals surface area contributed by atoms with Crippen molar-refractivity contribution in [1.82, 2.24) is 10.3 Å². The van der Waals surface area contributed by atoms with Crippen molar-refractivity contribution >= 4 is 23.0 Å². The van der Waals surface area contributed by atoms with Gasteiger partial charge in [-0.25, -0.2) is 9.59 Å². The van der Waals surface area contributed by atoms with Crippen molar-refractivity contribution in [2.24, 2.45) is 0 Å². The number of carboxylic acids is 1. The lowest BCUT2D eigenvalue weighted by Crippen LogP contribution is -2.42. The molecule has 0 aliphatic carbocycles. The Balaban J connectivity index is 2.16. The Morgan fingerprint density at radius 1 is 1.45 bits per heavy atom. The van der Waals surface area contributed by atoms with E-state index >= 15 is 0 Å². The molecular formula is C15H16N2O5. The van der Waals surface area contributed by atoms with E-state index in [2.05, 4.69) is 16.9 Å². The van der Waals surface area contributed by atoms with E-state index in [4.69, 9.17) is 4.74 Å². The summed E-state index contributed by atoms with van der Waals surface area (Å²) >= 11 is 0. The Labute approximate surface area is 126 Å². The highest BCUT2D eigenvalue weighted by Crippen LogP contribution is 2.23. The lowest BCUT2D eigenvalue weighted by Gasteiger charge is -2.13. The van der Waals surface area contributed by atoms with E-state index in [1.165, 1.54) is 18.2 Å². The molecule has 116 valence electrons. The predicted molar refractivity (Wildman–Crippen MR) is 79.8 cm³/mol. The lowest BCUT2D eigenvalue weighted by molar-refractivity contribution is -0.139. The molecule has 1 aromatic carbocycles. The number of rotatable bonds is 6. The second-order valence-electron chi connectivity index (χ2n) is 4.67. The minimum Gasteiger partial charge on any atom is -0.508 e. The highest BCUT2D eigenvalue weighted by Gasteiger charge is 2.22. The van der Waals surface area contributed by atoms with Gasteiger partial charge in [0.25, 0.3) is 0 Å². The first kappa shape index (κ1) is 15.4. The fraction of sp³-hybridized carbons (Fsp3) is 0.200. The molecule has 0 saturated carbocycles. The zero-order valence-corrected chi connectivity index (χ0v) is 11.7. The van der Waals surface area contributed by atoms with Crippen LogP contribution in [0.4, 0.5) is 4.79 Å². The summed E-state index contributed by atoms with van der Waals surface area (Å²) in [5, 5.41) is 21.7.